The molecule has 0 radical (unpaired) electrons. The van der Waals surface area contributed by atoms with Gasteiger partial charge in [0.25, 0.3) is 0 Å². The van der Waals surface area contributed by atoms with Crippen molar-refractivity contribution in [3.05, 3.63) is 11.6 Å². The maximum Gasteiger partial charge on any atom is 0.128 e. The number of nitrogens with zero attached hydrogens (tertiary/aromatic N) is 2. The summed E-state index contributed by atoms with van der Waals surface area (Å²) in [5, 5.41) is 0. The van der Waals surface area contributed by atoms with Gasteiger partial charge in [-0.05, 0) is 19.8 Å². The van der Waals surface area contributed by atoms with Crippen LogP contribution in [0.15, 0.2) is 11.6 Å². The maximum atomic E-state index is 2.48. The van der Waals surface area contributed by atoms with Crippen molar-refractivity contribution in [3.63, 3.8) is 0 Å². The number of quaternary nitrogens is 2. The predicted molar refractivity (Wildman–Crippen MR) is 73.7 cm³/mol. The first-order chi connectivity index (χ1) is 7.77. The lowest BCUT2D eigenvalue weighted by atomic mass is 9.83. The Bertz CT molecular complexity index is 319. The second-order valence-electron chi connectivity index (χ2n) is 7.73. The minimum atomic E-state index is 0. The van der Waals surface area contributed by atoms with Gasteiger partial charge in [-0.15, -0.1) is 0 Å². The van der Waals surface area contributed by atoms with Crippen LogP contribution in [0, 0.1) is 11.8 Å². The van der Waals surface area contributed by atoms with Crippen LogP contribution in [0.25, 0.3) is 0 Å². The van der Waals surface area contributed by atoms with Crippen LogP contribution in [-0.2, 0) is 0 Å². The average molecular weight is 365 g/mol. The number of likely N-dealkylation sites (N-methyl/N-ethyl adjacent to an activating group) is 2. The first-order valence-electron chi connectivity index (χ1n) is 7.07. The van der Waals surface area contributed by atoms with Crippen LogP contribution in [0.3, 0.4) is 0 Å². The fourth-order valence-corrected chi connectivity index (χ4v) is 3.58. The van der Waals surface area contributed by atoms with Crippen LogP contribution >= 0.6 is 0 Å². The molecule has 18 heavy (non-hydrogen) atoms. The lowest BCUT2D eigenvalue weighted by Crippen LogP contribution is -3.00. The highest BCUT2D eigenvalue weighted by Crippen LogP contribution is 2.38. The Morgan fingerprint density at radius 1 is 1.22 bits per heavy atom. The summed E-state index contributed by atoms with van der Waals surface area (Å²) < 4.78 is 2.41. The molecule has 0 saturated carbocycles. The summed E-state index contributed by atoms with van der Waals surface area (Å²) in [5.74, 6) is 1.94. The minimum Gasteiger partial charge on any atom is -1.00 e. The summed E-state index contributed by atoms with van der Waals surface area (Å²) in [6, 6.07) is 0. The lowest BCUT2D eigenvalue weighted by molar-refractivity contribution is -0.943. The molecule has 1 fully saturated rings. The van der Waals surface area contributed by atoms with E-state index in [1.807, 2.05) is 0 Å². The molecule has 0 bridgehead atoms. The third-order valence-electron chi connectivity index (χ3n) is 4.68. The van der Waals surface area contributed by atoms with E-state index in [0.717, 1.165) is 16.3 Å². The van der Waals surface area contributed by atoms with Gasteiger partial charge in [-0.1, -0.05) is 11.6 Å². The molecule has 0 spiro atoms. The van der Waals surface area contributed by atoms with E-state index in [-0.39, 0.29) is 24.0 Å². The number of hydrogen-bond acceptors (Lipinski definition) is 0. The number of likely N-dealkylation sites (tertiary alicyclic amines) is 1. The molecule has 0 amide bonds. The van der Waals surface area contributed by atoms with Gasteiger partial charge in [0, 0.05) is 11.8 Å². The molecule has 2 aliphatic rings. The zero-order chi connectivity index (χ0) is 12.7. The van der Waals surface area contributed by atoms with E-state index in [2.05, 4.69) is 41.2 Å². The summed E-state index contributed by atoms with van der Waals surface area (Å²) in [5.41, 5.74) is 1.63. The third kappa shape index (κ3) is 4.20. The molecule has 1 saturated heterocycles. The van der Waals surface area contributed by atoms with E-state index in [1.165, 1.54) is 43.5 Å². The Labute approximate surface area is 130 Å². The van der Waals surface area contributed by atoms with Crippen molar-refractivity contribution in [2.45, 2.75) is 19.8 Å². The van der Waals surface area contributed by atoms with Gasteiger partial charge in [0.05, 0.1) is 41.3 Å². The zero-order valence-corrected chi connectivity index (χ0v) is 14.9. The van der Waals surface area contributed by atoms with Crippen LogP contribution in [0.4, 0.5) is 0 Å². The molecule has 2 rings (SSSR count). The van der Waals surface area contributed by atoms with E-state index in [1.54, 1.807) is 5.57 Å². The molecule has 0 N–H and O–H groups in total. The summed E-state index contributed by atoms with van der Waals surface area (Å²) in [7, 11) is 9.40. The fraction of sp³-hybridized carbons (Fsp3) is 0.867. The van der Waals surface area contributed by atoms with Gasteiger partial charge in [-0.3, -0.25) is 0 Å². The largest absolute Gasteiger partial charge is 1.00 e. The fourth-order valence-electron chi connectivity index (χ4n) is 3.58. The van der Waals surface area contributed by atoms with E-state index >= 15 is 0 Å². The molecule has 1 aliphatic carbocycles. The summed E-state index contributed by atoms with van der Waals surface area (Å²) >= 11 is 0. The molecule has 1 aliphatic heterocycles. The highest BCUT2D eigenvalue weighted by molar-refractivity contribution is 5.06. The van der Waals surface area contributed by atoms with Gasteiger partial charge in [0.15, 0.2) is 0 Å². The Hall–Kier alpha value is 0.390. The van der Waals surface area contributed by atoms with Gasteiger partial charge in [-0.2, -0.15) is 0 Å². The molecule has 0 aromatic heterocycles. The first-order valence-corrected chi connectivity index (χ1v) is 7.07. The standard InChI is InChI=1S/C15H30N2.HI/c1-13-6-7-14-11-17(5,12-15(14)10-13)9-8-16(2,3)4;/h6,14-15H,7-12H2,1-5H3;1H/q+2;/p-1. The quantitative estimate of drug-likeness (QED) is 0.347. The van der Waals surface area contributed by atoms with Crippen LogP contribution in [0.2, 0.25) is 0 Å². The molecule has 3 unspecified atom stereocenters. The highest BCUT2D eigenvalue weighted by Gasteiger charge is 2.43. The van der Waals surface area contributed by atoms with Crippen LogP contribution in [0.5, 0.6) is 0 Å². The van der Waals surface area contributed by atoms with Crippen molar-refractivity contribution in [1.82, 2.24) is 0 Å². The predicted octanol–water partition coefficient (Wildman–Crippen LogP) is -0.871. The zero-order valence-electron chi connectivity index (χ0n) is 12.7. The monoisotopic (exact) mass is 365 g/mol. The molecular formula is C15H30IN2+. The molecule has 0 aromatic carbocycles. The van der Waals surface area contributed by atoms with Crippen LogP contribution in [-0.4, -0.2) is 63.3 Å². The Morgan fingerprint density at radius 2 is 1.83 bits per heavy atom. The Balaban J connectivity index is 0.00000162. The Kier molecular flexibility index (Phi) is 5.30. The molecule has 3 atom stereocenters. The Morgan fingerprint density at radius 3 is 2.44 bits per heavy atom. The van der Waals surface area contributed by atoms with Gasteiger partial charge >= 0.3 is 0 Å². The number of hydrogen-bond donors (Lipinski definition) is 0. The average Bonchev–Trinajstić information content (AvgIpc) is 2.51. The lowest BCUT2D eigenvalue weighted by Gasteiger charge is -2.33. The smallest absolute Gasteiger partial charge is 0.128 e. The minimum absolute atomic E-state index is 0. The maximum absolute atomic E-state index is 2.48. The highest BCUT2D eigenvalue weighted by atomic mass is 127. The first kappa shape index (κ1) is 16.4. The summed E-state index contributed by atoms with van der Waals surface area (Å²) in [4.78, 5) is 0. The van der Waals surface area contributed by atoms with Gasteiger partial charge in [0.1, 0.15) is 13.1 Å². The van der Waals surface area contributed by atoms with Crippen molar-refractivity contribution < 1.29 is 32.9 Å². The van der Waals surface area contributed by atoms with Gasteiger partial charge in [-0.25, -0.2) is 0 Å². The second-order valence-corrected chi connectivity index (χ2v) is 7.73. The van der Waals surface area contributed by atoms with Crippen LogP contribution < -0.4 is 24.0 Å². The topological polar surface area (TPSA) is 0 Å². The summed E-state index contributed by atoms with van der Waals surface area (Å²) in [6.07, 6.45) is 5.19. The number of rotatable bonds is 3. The van der Waals surface area contributed by atoms with Crippen molar-refractivity contribution in [3.8, 4) is 0 Å². The van der Waals surface area contributed by atoms with Gasteiger partial charge in [0.2, 0.25) is 0 Å². The molecule has 2 nitrogen and oxygen atoms in total. The molecule has 1 heterocycles. The number of allylic oxidation sites excluding steroid dienone is 2. The van der Waals surface area contributed by atoms with E-state index in [0.29, 0.717) is 0 Å². The van der Waals surface area contributed by atoms with Crippen molar-refractivity contribution in [2.75, 3.05) is 54.4 Å². The molecular weight excluding hydrogens is 335 g/mol. The van der Waals surface area contributed by atoms with E-state index in [9.17, 15) is 0 Å². The number of fused-ring (bicyclic) bond motifs is 1. The summed E-state index contributed by atoms with van der Waals surface area (Å²) in [6.45, 7) is 7.77. The molecule has 0 aromatic rings. The second kappa shape index (κ2) is 5.80. The molecule has 106 valence electrons. The van der Waals surface area contributed by atoms with Crippen molar-refractivity contribution in [1.29, 1.82) is 0 Å². The van der Waals surface area contributed by atoms with Gasteiger partial charge < -0.3 is 32.9 Å². The third-order valence-corrected chi connectivity index (χ3v) is 4.68. The number of halogens is 1. The molecule has 3 heteroatoms. The van der Waals surface area contributed by atoms with E-state index in [4.69, 9.17) is 0 Å². The SMILES string of the molecule is CC1=CCC2C[N+](C)(CC[N+](C)(C)C)CC2C1.[I-]. The van der Waals surface area contributed by atoms with Crippen molar-refractivity contribution >= 4 is 0 Å². The van der Waals surface area contributed by atoms with E-state index < -0.39 is 0 Å². The van der Waals surface area contributed by atoms with Crippen LogP contribution in [0.1, 0.15) is 19.8 Å². The normalized spacial score (nSPS) is 35.7. The van der Waals surface area contributed by atoms with Crippen molar-refractivity contribution in [2.24, 2.45) is 11.8 Å².